The van der Waals surface area contributed by atoms with E-state index in [2.05, 4.69) is 36.1 Å². The molecule has 0 bridgehead atoms. The molecule has 10 N–H and O–H groups in total. The number of pyridine rings is 2. The third-order valence-corrected chi connectivity index (χ3v) is 13.3. The number of benzene rings is 4. The Bertz CT molecular complexity index is 3760. The zero-order valence-electron chi connectivity index (χ0n) is 46.4. The van der Waals surface area contributed by atoms with Gasteiger partial charge < -0.3 is 48.1 Å². The normalized spacial score (nSPS) is 10.7. The smallest absolute Gasteiger partial charge is 0.335 e. The standard InChI is InChI=1S/C29H29ClFN7O4.C23H23ClFN5O5.C6H8N2.CH4/c1-17(2)37(15-24(39)34-14-20-6-3-7-22(30)26(20)31)25(40)16-38-23-9-8-19(11-21(23)27(36-38)28(32)41)29(42)35-13-18-5-4-10-33-12-18;1-12(2)29(10-18(31)27-9-14-4-3-5-16(24)20(14)25)19(32)11-30-17-7-6-13(23(34)35)8-15(17)21(28-30)22(26)33;7-4-6-2-1-3-8-5-6;/h3-12,17H,13-16H2,1-2H3,(H2,32,41)(H,34,39)(H,35,42);3-8,12H,9-11H2,1-2H3,(H2,26,33)(H,27,31)(H,34,35);1-3,5H,4,7H2;1H4. The molecule has 0 aliphatic carbocycles. The molecule has 0 spiro atoms. The average Bonchev–Trinajstić information content (AvgIpc) is 2.16. The molecule has 0 aliphatic heterocycles. The molecule has 86 heavy (non-hydrogen) atoms. The number of hydrogen-bond acceptors (Lipinski definition) is 13. The van der Waals surface area contributed by atoms with E-state index in [4.69, 9.17) is 40.4 Å². The van der Waals surface area contributed by atoms with Gasteiger partial charge in [0.2, 0.25) is 23.6 Å². The summed E-state index contributed by atoms with van der Waals surface area (Å²) in [7, 11) is 0. The topological polar surface area (TPSA) is 339 Å². The van der Waals surface area contributed by atoms with Crippen LogP contribution in [0, 0.1) is 11.6 Å². The molecule has 0 fully saturated rings. The molecule has 0 atom stereocenters. The third-order valence-electron chi connectivity index (χ3n) is 12.7. The molecule has 0 aliphatic rings. The van der Waals surface area contributed by atoms with Crippen molar-refractivity contribution in [2.75, 3.05) is 13.1 Å². The Labute approximate surface area is 502 Å². The van der Waals surface area contributed by atoms with Crippen molar-refractivity contribution in [2.24, 2.45) is 17.2 Å². The van der Waals surface area contributed by atoms with Gasteiger partial charge in [-0.05, 0) is 99.5 Å². The van der Waals surface area contributed by atoms with E-state index in [-0.39, 0.29) is 120 Å². The minimum Gasteiger partial charge on any atom is -0.478 e. The number of carbonyl (C=O) groups is 8. The van der Waals surface area contributed by atoms with Gasteiger partial charge in [-0.2, -0.15) is 10.2 Å². The van der Waals surface area contributed by atoms with Gasteiger partial charge in [0.25, 0.3) is 17.7 Å². The lowest BCUT2D eigenvalue weighted by atomic mass is 10.1. The van der Waals surface area contributed by atoms with Gasteiger partial charge in [-0.25, -0.2) is 13.6 Å². The van der Waals surface area contributed by atoms with Crippen LogP contribution >= 0.6 is 23.2 Å². The second kappa shape index (κ2) is 31.3. The number of rotatable bonds is 21. The molecule has 0 unspecified atom stereocenters. The number of carboxylic acids is 1. The highest BCUT2D eigenvalue weighted by molar-refractivity contribution is 6.31. The number of hydrogen-bond donors (Lipinski definition) is 7. The minimum absolute atomic E-state index is 0. The maximum atomic E-state index is 14.2. The van der Waals surface area contributed by atoms with Gasteiger partial charge >= 0.3 is 5.97 Å². The summed E-state index contributed by atoms with van der Waals surface area (Å²) in [6.07, 6.45) is 6.77. The summed E-state index contributed by atoms with van der Waals surface area (Å²) in [6, 6.07) is 24.2. The Hall–Kier alpha value is -9.72. The molecule has 4 aromatic heterocycles. The van der Waals surface area contributed by atoms with Gasteiger partial charge in [-0.15, -0.1) is 0 Å². The average molecular weight is 1220 g/mol. The Morgan fingerprint density at radius 1 is 0.593 bits per heavy atom. The number of primary amides is 2. The summed E-state index contributed by atoms with van der Waals surface area (Å²) in [5.74, 6) is -6.48. The lowest BCUT2D eigenvalue weighted by molar-refractivity contribution is -0.138. The number of carboxylic acid groups (broad SMARTS) is 1. The molecular weight excluding hydrogens is 1160 g/mol. The van der Waals surface area contributed by atoms with E-state index < -0.39 is 53.0 Å². The monoisotopic (exact) mass is 1220 g/mol. The second-order valence-electron chi connectivity index (χ2n) is 19.3. The SMILES string of the molecule is C.CC(C)N(CC(=O)NCc1cccc(Cl)c1F)C(=O)Cn1nc(C(N)=O)c2cc(C(=O)NCc3cccnc3)ccc21.CC(C)N(CC(=O)NCc1cccc(Cl)c1F)C(=O)Cn1nc(C(N)=O)c2cc(C(=O)O)ccc21.NCc1cccnc1. The first kappa shape index (κ1) is 67.1. The van der Waals surface area contributed by atoms with E-state index in [1.165, 1.54) is 67.7 Å². The van der Waals surface area contributed by atoms with Crippen molar-refractivity contribution in [1.82, 2.24) is 55.3 Å². The number of fused-ring (bicyclic) bond motifs is 2. The summed E-state index contributed by atoms with van der Waals surface area (Å²) in [5.41, 5.74) is 19.2. The van der Waals surface area contributed by atoms with Crippen LogP contribution < -0.4 is 33.2 Å². The van der Waals surface area contributed by atoms with Gasteiger partial charge in [-0.1, -0.05) is 67.0 Å². The Kier molecular flexibility index (Phi) is 24.4. The van der Waals surface area contributed by atoms with Crippen molar-refractivity contribution < 1.29 is 52.2 Å². The molecule has 0 saturated heterocycles. The Morgan fingerprint density at radius 3 is 1.41 bits per heavy atom. The minimum atomic E-state index is -1.19. The number of aromatic nitrogens is 6. The van der Waals surface area contributed by atoms with Crippen molar-refractivity contribution in [1.29, 1.82) is 0 Å². The van der Waals surface area contributed by atoms with Crippen LogP contribution in [-0.2, 0) is 58.4 Å². The fourth-order valence-corrected chi connectivity index (χ4v) is 8.67. The van der Waals surface area contributed by atoms with E-state index in [0.29, 0.717) is 23.0 Å². The fraction of sp³-hybridized carbons (Fsp3) is 0.254. The number of nitrogens with zero attached hydrogens (tertiary/aromatic N) is 8. The molecule has 4 aromatic carbocycles. The number of halogens is 4. The zero-order valence-corrected chi connectivity index (χ0v) is 47.9. The summed E-state index contributed by atoms with van der Waals surface area (Å²) < 4.78 is 30.8. The van der Waals surface area contributed by atoms with Crippen LogP contribution in [0.3, 0.4) is 0 Å². The van der Waals surface area contributed by atoms with Crippen molar-refractivity contribution in [3.05, 3.63) is 188 Å². The quantitative estimate of drug-likeness (QED) is 0.0424. The van der Waals surface area contributed by atoms with E-state index in [1.807, 2.05) is 18.2 Å². The Balaban J connectivity index is 0.000000278. The van der Waals surface area contributed by atoms with Crippen molar-refractivity contribution >= 4 is 92.3 Å². The molecule has 8 aromatic rings. The predicted molar refractivity (Wildman–Crippen MR) is 318 cm³/mol. The van der Waals surface area contributed by atoms with Gasteiger partial charge in [-0.3, -0.25) is 52.9 Å². The van der Waals surface area contributed by atoms with Gasteiger partial charge in [0.1, 0.15) is 24.7 Å². The third kappa shape index (κ3) is 17.9. The highest BCUT2D eigenvalue weighted by atomic mass is 35.5. The molecule has 452 valence electrons. The van der Waals surface area contributed by atoms with Crippen molar-refractivity contribution in [3.8, 4) is 0 Å². The van der Waals surface area contributed by atoms with Crippen molar-refractivity contribution in [2.45, 2.75) is 86.5 Å². The highest BCUT2D eigenvalue weighted by Crippen LogP contribution is 2.24. The maximum absolute atomic E-state index is 14.2. The second-order valence-corrected chi connectivity index (χ2v) is 20.1. The highest BCUT2D eigenvalue weighted by Gasteiger charge is 2.26. The van der Waals surface area contributed by atoms with Crippen LogP contribution in [0.25, 0.3) is 21.8 Å². The molecule has 4 heterocycles. The van der Waals surface area contributed by atoms with E-state index in [1.54, 1.807) is 82.8 Å². The molecule has 0 saturated carbocycles. The van der Waals surface area contributed by atoms with E-state index in [9.17, 15) is 52.2 Å². The number of amides is 7. The molecular formula is C59H64Cl2F2N14O9. The summed E-state index contributed by atoms with van der Waals surface area (Å²) >= 11 is 11.6. The van der Waals surface area contributed by atoms with E-state index in [0.717, 1.165) is 11.1 Å². The first-order valence-corrected chi connectivity index (χ1v) is 26.8. The molecule has 8 rings (SSSR count). The molecule has 27 heteroatoms. The zero-order chi connectivity index (χ0) is 62.1. The summed E-state index contributed by atoms with van der Waals surface area (Å²) in [6.45, 7) is 6.33. The van der Waals surface area contributed by atoms with Gasteiger partial charge in [0.05, 0.1) is 39.7 Å². The first-order valence-electron chi connectivity index (χ1n) is 26.1. The maximum Gasteiger partial charge on any atom is 0.335 e. The van der Waals surface area contributed by atoms with Crippen LogP contribution in [-0.4, -0.2) is 117 Å². The molecule has 0 radical (unpaired) electrons. The van der Waals surface area contributed by atoms with Gasteiger partial charge in [0.15, 0.2) is 11.4 Å². The molecule has 23 nitrogen and oxygen atoms in total. The van der Waals surface area contributed by atoms with Crippen LogP contribution in [0.1, 0.15) is 99.1 Å². The predicted octanol–water partition coefficient (Wildman–Crippen LogP) is 6.16. The van der Waals surface area contributed by atoms with Crippen molar-refractivity contribution in [3.63, 3.8) is 0 Å². The van der Waals surface area contributed by atoms with Gasteiger partial charge in [0, 0.05) is 90.5 Å². The fourth-order valence-electron chi connectivity index (χ4n) is 8.28. The van der Waals surface area contributed by atoms with Crippen LogP contribution in [0.4, 0.5) is 8.78 Å². The van der Waals surface area contributed by atoms with Crippen LogP contribution in [0.5, 0.6) is 0 Å². The summed E-state index contributed by atoms with van der Waals surface area (Å²) in [4.78, 5) is 110. The largest absolute Gasteiger partial charge is 0.478 e. The number of carbonyl (C=O) groups excluding carboxylic acids is 7. The number of nitrogens with one attached hydrogen (secondary N) is 3. The number of aromatic carboxylic acids is 1. The van der Waals surface area contributed by atoms with Crippen LogP contribution in [0.15, 0.2) is 122 Å². The Morgan fingerprint density at radius 2 is 1.02 bits per heavy atom. The van der Waals surface area contributed by atoms with Crippen LogP contribution in [0.2, 0.25) is 10.0 Å². The van der Waals surface area contributed by atoms with E-state index >= 15 is 0 Å². The summed E-state index contributed by atoms with van der Waals surface area (Å²) in [5, 5.41) is 25.9. The number of nitrogens with two attached hydrogens (primary N) is 3. The lowest BCUT2D eigenvalue weighted by Crippen LogP contribution is -2.45. The first-order chi connectivity index (χ1) is 40.5. The lowest BCUT2D eigenvalue weighted by Gasteiger charge is -2.26. The molecule has 7 amide bonds.